The fourth-order valence-corrected chi connectivity index (χ4v) is 2.07. The van der Waals surface area contributed by atoms with Crippen LogP contribution < -0.4 is 5.32 Å². The average molecular weight is 299 g/mol. The van der Waals surface area contributed by atoms with Gasteiger partial charge in [0.05, 0.1) is 0 Å². The van der Waals surface area contributed by atoms with Crippen molar-refractivity contribution >= 4 is 17.6 Å². The number of aromatic nitrogens is 3. The Kier molecular flexibility index (Phi) is 3.69. The highest BCUT2D eigenvalue weighted by atomic mass is 19.1. The molecule has 0 radical (unpaired) electrons. The lowest BCUT2D eigenvalue weighted by molar-refractivity contribution is 0.220. The van der Waals surface area contributed by atoms with Crippen LogP contribution in [0.4, 0.5) is 15.1 Å². The minimum absolute atomic E-state index is 0.162. The first-order valence-corrected chi connectivity index (χ1v) is 6.70. The quantitative estimate of drug-likeness (QED) is 0.808. The van der Waals surface area contributed by atoms with Gasteiger partial charge >= 0.3 is 6.03 Å². The number of rotatable bonds is 3. The summed E-state index contributed by atoms with van der Waals surface area (Å²) in [6, 6.07) is 11.4. The SMILES string of the molecule is CN(Cc1ccccc1F)C(=O)Nc1nnc2ccccn12. The average Bonchev–Trinajstić information content (AvgIpc) is 2.93. The number of hydrogen-bond donors (Lipinski definition) is 1. The van der Waals surface area contributed by atoms with Crippen molar-refractivity contribution in [2.24, 2.45) is 0 Å². The molecular formula is C15H14FN5O. The number of urea groups is 1. The van der Waals surface area contributed by atoms with Gasteiger partial charge in [-0.3, -0.25) is 9.72 Å². The fourth-order valence-electron chi connectivity index (χ4n) is 2.07. The van der Waals surface area contributed by atoms with Gasteiger partial charge in [0, 0.05) is 25.4 Å². The summed E-state index contributed by atoms with van der Waals surface area (Å²) in [6.07, 6.45) is 1.75. The lowest BCUT2D eigenvalue weighted by Gasteiger charge is -2.17. The topological polar surface area (TPSA) is 62.5 Å². The van der Waals surface area contributed by atoms with Crippen LogP contribution in [0.1, 0.15) is 5.56 Å². The minimum atomic E-state index is -0.388. The molecule has 0 spiro atoms. The second kappa shape index (κ2) is 5.80. The molecule has 1 aromatic carbocycles. The number of benzene rings is 1. The number of amides is 2. The molecule has 22 heavy (non-hydrogen) atoms. The Bertz CT molecular complexity index is 816. The number of hydrogen-bond acceptors (Lipinski definition) is 3. The molecule has 2 aromatic heterocycles. The smallest absolute Gasteiger partial charge is 0.323 e. The van der Waals surface area contributed by atoms with Crippen LogP contribution >= 0.6 is 0 Å². The van der Waals surface area contributed by atoms with E-state index >= 15 is 0 Å². The van der Waals surface area contributed by atoms with Crippen molar-refractivity contribution in [1.82, 2.24) is 19.5 Å². The van der Waals surface area contributed by atoms with Crippen LogP contribution in [0.25, 0.3) is 5.65 Å². The highest BCUT2D eigenvalue weighted by Gasteiger charge is 2.14. The number of carbonyl (C=O) groups excluding carboxylic acids is 1. The van der Waals surface area contributed by atoms with Crippen molar-refractivity contribution in [2.45, 2.75) is 6.54 Å². The molecule has 112 valence electrons. The summed E-state index contributed by atoms with van der Waals surface area (Å²) in [7, 11) is 1.59. The summed E-state index contributed by atoms with van der Waals surface area (Å²) in [5.41, 5.74) is 1.08. The van der Waals surface area contributed by atoms with Gasteiger partial charge in [-0.05, 0) is 18.2 Å². The molecule has 0 aliphatic heterocycles. The summed E-state index contributed by atoms with van der Waals surface area (Å²) in [6.45, 7) is 0.162. The molecule has 6 nitrogen and oxygen atoms in total. The minimum Gasteiger partial charge on any atom is -0.323 e. The van der Waals surface area contributed by atoms with Gasteiger partial charge in [-0.1, -0.05) is 24.3 Å². The van der Waals surface area contributed by atoms with Gasteiger partial charge in [0.15, 0.2) is 5.65 Å². The summed E-state index contributed by atoms with van der Waals surface area (Å²) in [5, 5.41) is 10.5. The van der Waals surface area contributed by atoms with Gasteiger partial charge in [0.2, 0.25) is 5.95 Å². The summed E-state index contributed by atoms with van der Waals surface area (Å²) in [4.78, 5) is 13.6. The van der Waals surface area contributed by atoms with E-state index in [-0.39, 0.29) is 18.4 Å². The molecule has 0 bridgehead atoms. The lowest BCUT2D eigenvalue weighted by atomic mass is 10.2. The Morgan fingerprint density at radius 3 is 2.82 bits per heavy atom. The predicted octanol–water partition coefficient (Wildman–Crippen LogP) is 2.53. The third-order valence-corrected chi connectivity index (χ3v) is 3.24. The van der Waals surface area contributed by atoms with Crippen LogP contribution in [0, 0.1) is 5.82 Å². The van der Waals surface area contributed by atoms with Gasteiger partial charge in [-0.25, -0.2) is 9.18 Å². The van der Waals surface area contributed by atoms with Crippen LogP contribution in [-0.2, 0) is 6.54 Å². The third kappa shape index (κ3) is 2.73. The van der Waals surface area contributed by atoms with E-state index in [2.05, 4.69) is 15.5 Å². The monoisotopic (exact) mass is 299 g/mol. The van der Waals surface area contributed by atoms with Crippen LogP contribution in [0.15, 0.2) is 48.7 Å². The number of pyridine rings is 1. The molecule has 3 aromatic rings. The Morgan fingerprint density at radius 1 is 1.23 bits per heavy atom. The van der Waals surface area contributed by atoms with Crippen molar-refractivity contribution in [3.8, 4) is 0 Å². The molecule has 1 N–H and O–H groups in total. The predicted molar refractivity (Wildman–Crippen MR) is 79.9 cm³/mol. The number of nitrogens with zero attached hydrogens (tertiary/aromatic N) is 4. The molecule has 0 saturated heterocycles. The first kappa shape index (κ1) is 14.0. The van der Waals surface area contributed by atoms with Crippen molar-refractivity contribution in [1.29, 1.82) is 0 Å². The van der Waals surface area contributed by atoms with E-state index < -0.39 is 0 Å². The highest BCUT2D eigenvalue weighted by Crippen LogP contribution is 2.11. The third-order valence-electron chi connectivity index (χ3n) is 3.24. The van der Waals surface area contributed by atoms with Crippen molar-refractivity contribution in [3.63, 3.8) is 0 Å². The second-order valence-electron chi connectivity index (χ2n) is 4.83. The summed E-state index contributed by atoms with van der Waals surface area (Å²) >= 11 is 0. The lowest BCUT2D eigenvalue weighted by Crippen LogP contribution is -2.31. The van der Waals surface area contributed by atoms with E-state index in [1.165, 1.54) is 11.0 Å². The van der Waals surface area contributed by atoms with E-state index in [9.17, 15) is 9.18 Å². The van der Waals surface area contributed by atoms with Crippen molar-refractivity contribution in [3.05, 3.63) is 60.0 Å². The molecule has 2 heterocycles. The molecular weight excluding hydrogens is 285 g/mol. The molecule has 2 amide bonds. The number of halogens is 1. The Hall–Kier alpha value is -2.96. The zero-order chi connectivity index (χ0) is 15.5. The highest BCUT2D eigenvalue weighted by molar-refractivity contribution is 5.87. The van der Waals surface area contributed by atoms with Gasteiger partial charge < -0.3 is 4.90 Å². The first-order valence-electron chi connectivity index (χ1n) is 6.70. The van der Waals surface area contributed by atoms with E-state index in [0.717, 1.165) is 0 Å². The number of nitrogens with one attached hydrogen (secondary N) is 1. The molecule has 0 saturated carbocycles. The maximum Gasteiger partial charge on any atom is 0.324 e. The molecule has 7 heteroatoms. The van der Waals surface area contributed by atoms with E-state index in [1.54, 1.807) is 41.9 Å². The number of fused-ring (bicyclic) bond motifs is 1. The normalized spacial score (nSPS) is 10.6. The van der Waals surface area contributed by atoms with Gasteiger partial charge in [-0.15, -0.1) is 10.2 Å². The maximum atomic E-state index is 13.6. The molecule has 0 aliphatic carbocycles. The van der Waals surface area contributed by atoms with E-state index in [1.807, 2.05) is 12.1 Å². The van der Waals surface area contributed by atoms with Crippen LogP contribution in [0.5, 0.6) is 0 Å². The zero-order valence-corrected chi connectivity index (χ0v) is 11.9. The molecule has 0 unspecified atom stereocenters. The van der Waals surface area contributed by atoms with E-state index in [0.29, 0.717) is 17.2 Å². The molecule has 0 fully saturated rings. The second-order valence-corrected chi connectivity index (χ2v) is 4.83. The van der Waals surface area contributed by atoms with Gasteiger partial charge in [-0.2, -0.15) is 0 Å². The van der Waals surface area contributed by atoms with Crippen molar-refractivity contribution in [2.75, 3.05) is 12.4 Å². The number of anilines is 1. The Balaban J connectivity index is 1.73. The fraction of sp³-hybridized carbons (Fsp3) is 0.133. The van der Waals surface area contributed by atoms with Gasteiger partial charge in [0.25, 0.3) is 0 Å². The standard InChI is InChI=1S/C15H14FN5O/c1-20(10-11-6-2-3-7-12(11)16)15(22)17-14-19-18-13-8-4-5-9-21(13)14/h2-9H,10H2,1H3,(H,17,19,22). The van der Waals surface area contributed by atoms with Crippen molar-refractivity contribution < 1.29 is 9.18 Å². The Labute approximate surface area is 126 Å². The Morgan fingerprint density at radius 2 is 2.00 bits per heavy atom. The van der Waals surface area contributed by atoms with Crippen LogP contribution in [0.2, 0.25) is 0 Å². The molecule has 0 aliphatic rings. The first-order chi connectivity index (χ1) is 10.6. The van der Waals surface area contributed by atoms with Gasteiger partial charge in [0.1, 0.15) is 5.82 Å². The molecule has 3 rings (SSSR count). The van der Waals surface area contributed by atoms with E-state index in [4.69, 9.17) is 0 Å². The summed E-state index contributed by atoms with van der Waals surface area (Å²) < 4.78 is 15.3. The van der Waals surface area contributed by atoms with Crippen LogP contribution in [0.3, 0.4) is 0 Å². The number of carbonyl (C=O) groups is 1. The van der Waals surface area contributed by atoms with Crippen LogP contribution in [-0.4, -0.2) is 32.6 Å². The molecule has 0 atom stereocenters. The maximum absolute atomic E-state index is 13.6. The largest absolute Gasteiger partial charge is 0.324 e. The zero-order valence-electron chi connectivity index (χ0n) is 11.9. The summed E-state index contributed by atoms with van der Waals surface area (Å²) in [5.74, 6) is -0.0175.